The summed E-state index contributed by atoms with van der Waals surface area (Å²) in [5, 5.41) is 5.19. The van der Waals surface area contributed by atoms with Gasteiger partial charge in [-0.2, -0.15) is 0 Å². The molecule has 0 aromatic heterocycles. The van der Waals surface area contributed by atoms with E-state index in [0.29, 0.717) is 5.69 Å². The van der Waals surface area contributed by atoms with Gasteiger partial charge in [-0.25, -0.2) is 9.69 Å². The molecule has 7 nitrogen and oxygen atoms in total. The molecule has 0 atom stereocenters. The summed E-state index contributed by atoms with van der Waals surface area (Å²) in [5.41, 5.74) is 3.44. The summed E-state index contributed by atoms with van der Waals surface area (Å²) < 4.78 is 5.21. The van der Waals surface area contributed by atoms with Crippen molar-refractivity contribution in [3.63, 3.8) is 0 Å². The van der Waals surface area contributed by atoms with Crippen molar-refractivity contribution in [2.75, 3.05) is 19.0 Å². The molecule has 1 saturated heterocycles. The fourth-order valence-corrected chi connectivity index (χ4v) is 2.85. The van der Waals surface area contributed by atoms with E-state index in [-0.39, 0.29) is 12.2 Å². The van der Waals surface area contributed by atoms with Crippen LogP contribution in [0.4, 0.5) is 10.5 Å². The Labute approximate surface area is 163 Å². The number of ether oxygens (including phenoxy) is 1. The fraction of sp³-hybridized carbons (Fsp3) is 0.190. The van der Waals surface area contributed by atoms with Gasteiger partial charge < -0.3 is 15.4 Å². The molecule has 2 N–H and O–H groups in total. The van der Waals surface area contributed by atoms with Crippen LogP contribution in [0.1, 0.15) is 16.7 Å². The number of imide groups is 1. The van der Waals surface area contributed by atoms with Crippen LogP contribution in [0.5, 0.6) is 5.75 Å². The molecule has 0 unspecified atom stereocenters. The summed E-state index contributed by atoms with van der Waals surface area (Å²) in [6.07, 6.45) is 1.57. The molecule has 2 aromatic rings. The number of aryl methyl sites for hydroxylation is 2. The lowest BCUT2D eigenvalue weighted by atomic mass is 10.1. The number of anilines is 1. The van der Waals surface area contributed by atoms with Crippen LogP contribution in [0.15, 0.2) is 48.2 Å². The van der Waals surface area contributed by atoms with Crippen LogP contribution in [0.3, 0.4) is 0 Å². The van der Waals surface area contributed by atoms with E-state index in [4.69, 9.17) is 4.74 Å². The summed E-state index contributed by atoms with van der Waals surface area (Å²) in [6, 6.07) is 12.0. The van der Waals surface area contributed by atoms with Gasteiger partial charge in [0.15, 0.2) is 0 Å². The minimum Gasteiger partial charge on any atom is -0.496 e. The number of carbonyl (C=O) groups is 3. The highest BCUT2D eigenvalue weighted by Crippen LogP contribution is 2.21. The number of urea groups is 1. The van der Waals surface area contributed by atoms with Crippen molar-refractivity contribution >= 4 is 29.6 Å². The van der Waals surface area contributed by atoms with Gasteiger partial charge in [0, 0.05) is 5.69 Å². The molecule has 0 bridgehead atoms. The molecular weight excluding hydrogens is 358 g/mol. The average Bonchev–Trinajstić information content (AvgIpc) is 2.91. The zero-order chi connectivity index (χ0) is 20.3. The van der Waals surface area contributed by atoms with Gasteiger partial charge in [-0.15, -0.1) is 0 Å². The molecule has 3 rings (SSSR count). The van der Waals surface area contributed by atoms with E-state index in [1.807, 2.05) is 32.0 Å². The number of hydrogen-bond donors (Lipinski definition) is 2. The minimum atomic E-state index is -0.625. The van der Waals surface area contributed by atoms with Crippen molar-refractivity contribution in [3.8, 4) is 5.75 Å². The number of carbonyl (C=O) groups excluding carboxylic acids is 3. The highest BCUT2D eigenvalue weighted by Gasteiger charge is 2.34. The first-order valence-corrected chi connectivity index (χ1v) is 8.73. The first-order valence-electron chi connectivity index (χ1n) is 8.73. The van der Waals surface area contributed by atoms with Gasteiger partial charge in [0.2, 0.25) is 5.91 Å². The quantitative estimate of drug-likeness (QED) is 0.618. The predicted octanol–water partition coefficient (Wildman–Crippen LogP) is 2.84. The van der Waals surface area contributed by atoms with E-state index < -0.39 is 17.8 Å². The number of rotatable bonds is 5. The van der Waals surface area contributed by atoms with Crippen LogP contribution in [0.2, 0.25) is 0 Å². The molecule has 144 valence electrons. The number of hydrogen-bond acceptors (Lipinski definition) is 4. The normalized spacial score (nSPS) is 15.0. The first kappa shape index (κ1) is 19.2. The van der Waals surface area contributed by atoms with Crippen molar-refractivity contribution in [3.05, 3.63) is 64.9 Å². The zero-order valence-electron chi connectivity index (χ0n) is 15.9. The molecule has 28 heavy (non-hydrogen) atoms. The Balaban J connectivity index is 1.69. The van der Waals surface area contributed by atoms with E-state index >= 15 is 0 Å². The Kier molecular flexibility index (Phi) is 5.44. The molecule has 1 aliphatic rings. The van der Waals surface area contributed by atoms with Gasteiger partial charge in [0.1, 0.15) is 18.0 Å². The van der Waals surface area contributed by atoms with Gasteiger partial charge >= 0.3 is 6.03 Å². The van der Waals surface area contributed by atoms with Gasteiger partial charge in [0.05, 0.1) is 7.11 Å². The SMILES string of the molecule is COc1ccc(/C=C2/NC(=O)N(CC(=O)Nc3ccc(C)cc3)C2=O)cc1C. The second kappa shape index (κ2) is 7.96. The van der Waals surface area contributed by atoms with Crippen LogP contribution in [-0.4, -0.2) is 36.4 Å². The number of nitrogens with zero attached hydrogens (tertiary/aromatic N) is 1. The van der Waals surface area contributed by atoms with Crippen molar-refractivity contribution in [2.45, 2.75) is 13.8 Å². The van der Waals surface area contributed by atoms with Gasteiger partial charge in [0.25, 0.3) is 5.91 Å². The predicted molar refractivity (Wildman–Crippen MR) is 106 cm³/mol. The van der Waals surface area contributed by atoms with E-state index in [1.54, 1.807) is 37.5 Å². The summed E-state index contributed by atoms with van der Waals surface area (Å²) in [5.74, 6) is -0.259. The van der Waals surface area contributed by atoms with E-state index in [1.165, 1.54) is 0 Å². The lowest BCUT2D eigenvalue weighted by Gasteiger charge is -2.12. The third-order valence-corrected chi connectivity index (χ3v) is 4.33. The molecule has 4 amide bonds. The average molecular weight is 379 g/mol. The fourth-order valence-electron chi connectivity index (χ4n) is 2.85. The second-order valence-corrected chi connectivity index (χ2v) is 6.52. The van der Waals surface area contributed by atoms with Crippen molar-refractivity contribution in [1.82, 2.24) is 10.2 Å². The smallest absolute Gasteiger partial charge is 0.329 e. The number of amides is 4. The van der Waals surface area contributed by atoms with Crippen molar-refractivity contribution in [1.29, 1.82) is 0 Å². The first-order chi connectivity index (χ1) is 13.4. The summed E-state index contributed by atoms with van der Waals surface area (Å²) in [6.45, 7) is 3.46. The number of methoxy groups -OCH3 is 1. The number of nitrogens with one attached hydrogen (secondary N) is 2. The Bertz CT molecular complexity index is 964. The maximum absolute atomic E-state index is 12.5. The standard InChI is InChI=1S/C21H21N3O4/c1-13-4-7-16(8-5-13)22-19(25)12-24-20(26)17(23-21(24)27)11-15-6-9-18(28-3)14(2)10-15/h4-11H,12H2,1-3H3,(H,22,25)(H,23,27)/b17-11+. The van der Waals surface area contributed by atoms with Gasteiger partial charge in [-0.05, 0) is 55.3 Å². The highest BCUT2D eigenvalue weighted by molar-refractivity contribution is 6.15. The van der Waals surface area contributed by atoms with E-state index in [9.17, 15) is 14.4 Å². The lowest BCUT2D eigenvalue weighted by Crippen LogP contribution is -2.38. The minimum absolute atomic E-state index is 0.123. The topological polar surface area (TPSA) is 87.7 Å². The molecule has 0 aliphatic carbocycles. The van der Waals surface area contributed by atoms with Crippen LogP contribution in [-0.2, 0) is 9.59 Å². The third-order valence-electron chi connectivity index (χ3n) is 4.33. The molecule has 2 aromatic carbocycles. The molecule has 1 heterocycles. The van der Waals surface area contributed by atoms with Crippen molar-refractivity contribution in [2.24, 2.45) is 0 Å². The van der Waals surface area contributed by atoms with Crippen LogP contribution < -0.4 is 15.4 Å². The molecular formula is C21H21N3O4. The third kappa shape index (κ3) is 4.20. The molecule has 7 heteroatoms. The summed E-state index contributed by atoms with van der Waals surface area (Å²) >= 11 is 0. The second-order valence-electron chi connectivity index (χ2n) is 6.52. The number of benzene rings is 2. The molecule has 1 fully saturated rings. The van der Waals surface area contributed by atoms with Crippen LogP contribution >= 0.6 is 0 Å². The maximum atomic E-state index is 12.5. The zero-order valence-corrected chi connectivity index (χ0v) is 15.9. The lowest BCUT2D eigenvalue weighted by molar-refractivity contribution is -0.127. The Morgan fingerprint density at radius 3 is 2.50 bits per heavy atom. The molecule has 1 aliphatic heterocycles. The summed E-state index contributed by atoms with van der Waals surface area (Å²) in [4.78, 5) is 37.8. The van der Waals surface area contributed by atoms with E-state index in [2.05, 4.69) is 10.6 Å². The van der Waals surface area contributed by atoms with E-state index in [0.717, 1.165) is 27.3 Å². The molecule has 0 spiro atoms. The van der Waals surface area contributed by atoms with Crippen molar-refractivity contribution < 1.29 is 19.1 Å². The van der Waals surface area contributed by atoms with Gasteiger partial charge in [-0.3, -0.25) is 9.59 Å². The van der Waals surface area contributed by atoms with Gasteiger partial charge in [-0.1, -0.05) is 23.8 Å². The maximum Gasteiger partial charge on any atom is 0.329 e. The summed E-state index contributed by atoms with van der Waals surface area (Å²) in [7, 11) is 1.58. The molecule has 0 radical (unpaired) electrons. The van der Waals surface area contributed by atoms with Crippen LogP contribution in [0, 0.1) is 13.8 Å². The largest absolute Gasteiger partial charge is 0.496 e. The monoisotopic (exact) mass is 379 g/mol. The van der Waals surface area contributed by atoms with Crippen LogP contribution in [0.25, 0.3) is 6.08 Å². The molecule has 0 saturated carbocycles. The Morgan fingerprint density at radius 2 is 1.86 bits per heavy atom. The Morgan fingerprint density at radius 1 is 1.14 bits per heavy atom. The Hall–Kier alpha value is -3.61. The highest BCUT2D eigenvalue weighted by atomic mass is 16.5.